The number of aromatic nitrogens is 3. The van der Waals surface area contributed by atoms with Gasteiger partial charge in [-0.1, -0.05) is 22.6 Å². The minimum absolute atomic E-state index is 0.286. The van der Waals surface area contributed by atoms with E-state index in [1.165, 1.54) is 14.1 Å². The number of hydrogen-bond acceptors (Lipinski definition) is 3. The lowest BCUT2D eigenvalue weighted by atomic mass is 10.7. The molecule has 0 spiro atoms. The molecule has 0 radical (unpaired) electrons. The predicted molar refractivity (Wildman–Crippen MR) is 59.9 cm³/mol. The summed E-state index contributed by atoms with van der Waals surface area (Å²) in [7, 11) is 2.69. The van der Waals surface area contributed by atoms with Crippen LogP contribution in [0.1, 0.15) is 11.0 Å². The van der Waals surface area contributed by atoms with Crippen molar-refractivity contribution in [2.24, 2.45) is 14.1 Å². The highest BCUT2D eigenvalue weighted by Crippen LogP contribution is 2.06. The van der Waals surface area contributed by atoms with Gasteiger partial charge in [0.15, 0.2) is 0 Å². The molecule has 7 heteroatoms. The van der Waals surface area contributed by atoms with Gasteiger partial charge in [-0.25, -0.2) is 28.1 Å². The van der Waals surface area contributed by atoms with Gasteiger partial charge in [0.2, 0.25) is 0 Å². The molecule has 78 valence electrons. The Morgan fingerprint density at radius 1 is 1.00 bits per heavy atom. The highest BCUT2D eigenvalue weighted by molar-refractivity contribution is 14.1. The Morgan fingerprint density at radius 2 is 1.36 bits per heavy atom. The summed E-state index contributed by atoms with van der Waals surface area (Å²) in [6, 6.07) is 0. The van der Waals surface area contributed by atoms with Crippen molar-refractivity contribution in [2.45, 2.75) is 11.0 Å². The van der Waals surface area contributed by atoms with E-state index >= 15 is 0 Å². The molecule has 0 bridgehead atoms. The third kappa shape index (κ3) is 1.56. The average Bonchev–Trinajstić information content (AvgIpc) is 2.11. The molecule has 0 unspecified atom stereocenters. The first kappa shape index (κ1) is 11.2. The molecule has 14 heavy (non-hydrogen) atoms. The minimum atomic E-state index is -0.603. The second-order valence-electron chi connectivity index (χ2n) is 2.91. The molecule has 0 aromatic carbocycles. The Balaban J connectivity index is 3.89. The summed E-state index contributed by atoms with van der Waals surface area (Å²) in [4.78, 5) is 34.3. The molecule has 0 fully saturated rings. The average molecular weight is 311 g/mol. The Bertz CT molecular complexity index is 482. The van der Waals surface area contributed by atoms with E-state index < -0.39 is 17.1 Å². The molecule has 0 saturated carbocycles. The van der Waals surface area contributed by atoms with Crippen molar-refractivity contribution < 1.29 is 0 Å². The first-order chi connectivity index (χ1) is 6.37. The minimum Gasteiger partial charge on any atom is -0.248 e. The summed E-state index contributed by atoms with van der Waals surface area (Å²) in [6.07, 6.45) is 0. The zero-order valence-corrected chi connectivity index (χ0v) is 10.2. The summed E-state index contributed by atoms with van der Waals surface area (Å²) in [5.41, 5.74) is -1.77. The lowest BCUT2D eigenvalue weighted by molar-refractivity contribution is 0.521. The van der Waals surface area contributed by atoms with E-state index in [1.54, 1.807) is 6.92 Å². The van der Waals surface area contributed by atoms with Crippen LogP contribution in [0.4, 0.5) is 0 Å². The third-order valence-electron chi connectivity index (χ3n) is 1.92. The fourth-order valence-corrected chi connectivity index (χ4v) is 1.57. The highest BCUT2D eigenvalue weighted by atomic mass is 127. The van der Waals surface area contributed by atoms with Crippen LogP contribution in [0.5, 0.6) is 0 Å². The maximum Gasteiger partial charge on any atom is 0.336 e. The summed E-state index contributed by atoms with van der Waals surface area (Å²) in [6.45, 7) is 1.70. The van der Waals surface area contributed by atoms with Crippen molar-refractivity contribution in [3.63, 3.8) is 0 Å². The topological polar surface area (TPSA) is 66.0 Å². The Labute approximate surface area is 92.9 Å². The monoisotopic (exact) mass is 311 g/mol. The summed E-state index contributed by atoms with van der Waals surface area (Å²) in [5.74, 6) is 0. The van der Waals surface area contributed by atoms with Gasteiger partial charge in [-0.2, -0.15) is 0 Å². The van der Waals surface area contributed by atoms with Crippen molar-refractivity contribution in [2.75, 3.05) is 0 Å². The second kappa shape index (κ2) is 3.71. The van der Waals surface area contributed by atoms with Crippen molar-refractivity contribution >= 4 is 22.6 Å². The molecule has 1 aromatic rings. The molecule has 0 saturated heterocycles. The number of rotatable bonds is 1. The largest absolute Gasteiger partial charge is 0.336 e. The van der Waals surface area contributed by atoms with Gasteiger partial charge in [0.25, 0.3) is 0 Å². The number of nitrogens with zero attached hydrogens (tertiary/aromatic N) is 3. The molecule has 1 aromatic heterocycles. The van der Waals surface area contributed by atoms with Gasteiger partial charge >= 0.3 is 17.1 Å². The molecule has 0 aliphatic heterocycles. The lowest BCUT2D eigenvalue weighted by Gasteiger charge is -2.09. The van der Waals surface area contributed by atoms with Gasteiger partial charge in [-0.05, 0) is 6.92 Å². The van der Waals surface area contributed by atoms with Crippen LogP contribution >= 0.6 is 22.6 Å². The fraction of sp³-hybridized carbons (Fsp3) is 0.571. The van der Waals surface area contributed by atoms with Crippen molar-refractivity contribution in [1.29, 1.82) is 0 Å². The fourth-order valence-electron chi connectivity index (χ4n) is 1.10. The van der Waals surface area contributed by atoms with Gasteiger partial charge in [-0.3, -0.25) is 0 Å². The zero-order chi connectivity index (χ0) is 11.0. The van der Waals surface area contributed by atoms with Gasteiger partial charge < -0.3 is 0 Å². The van der Waals surface area contributed by atoms with Gasteiger partial charge in [-0.15, -0.1) is 0 Å². The van der Waals surface area contributed by atoms with Crippen LogP contribution in [0.3, 0.4) is 0 Å². The van der Waals surface area contributed by atoms with Gasteiger partial charge in [0, 0.05) is 14.1 Å². The van der Waals surface area contributed by atoms with Crippen molar-refractivity contribution in [1.82, 2.24) is 13.7 Å². The highest BCUT2D eigenvalue weighted by Gasteiger charge is 2.12. The van der Waals surface area contributed by atoms with Crippen molar-refractivity contribution in [3.05, 3.63) is 31.5 Å². The van der Waals surface area contributed by atoms with E-state index in [0.717, 1.165) is 13.7 Å². The van der Waals surface area contributed by atoms with Crippen LogP contribution in [0.15, 0.2) is 14.4 Å². The van der Waals surface area contributed by atoms with Gasteiger partial charge in [0.05, 0.1) is 4.05 Å². The molecule has 6 nitrogen and oxygen atoms in total. The van der Waals surface area contributed by atoms with Crippen LogP contribution in [0.2, 0.25) is 0 Å². The lowest BCUT2D eigenvalue weighted by Crippen LogP contribution is -2.52. The normalized spacial score (nSPS) is 12.9. The van der Waals surface area contributed by atoms with Crippen LogP contribution in [-0.2, 0) is 14.1 Å². The van der Waals surface area contributed by atoms with Crippen molar-refractivity contribution in [3.8, 4) is 0 Å². The van der Waals surface area contributed by atoms with E-state index in [4.69, 9.17) is 0 Å². The molecule has 0 N–H and O–H groups in total. The standard InChI is InChI=1S/C7H10IN3O3/c1-4(8)11-6(13)9(2)5(12)10(3)7(11)14/h4H,1-3H3/t4-/m1/s1. The molecule has 1 heterocycles. The van der Waals surface area contributed by atoms with E-state index in [0.29, 0.717) is 0 Å². The Hall–Kier alpha value is -0.860. The maximum atomic E-state index is 11.5. The first-order valence-corrected chi connectivity index (χ1v) is 5.15. The van der Waals surface area contributed by atoms with Gasteiger partial charge in [0.1, 0.15) is 0 Å². The third-order valence-corrected chi connectivity index (χ3v) is 2.47. The first-order valence-electron chi connectivity index (χ1n) is 3.90. The Morgan fingerprint density at radius 3 is 1.64 bits per heavy atom. The molecular formula is C7H10IN3O3. The molecule has 1 atom stereocenters. The molecule has 1 rings (SSSR count). The quantitative estimate of drug-likeness (QED) is 0.504. The second-order valence-corrected chi connectivity index (χ2v) is 4.71. The number of hydrogen-bond donors (Lipinski definition) is 0. The van der Waals surface area contributed by atoms with E-state index in [2.05, 4.69) is 0 Å². The SMILES string of the molecule is C[C@H](I)n1c(=O)n(C)c(=O)n(C)c1=O. The maximum absolute atomic E-state index is 11.5. The predicted octanol–water partition coefficient (Wildman–Crippen LogP) is -0.801. The zero-order valence-electron chi connectivity index (χ0n) is 8.02. The summed E-state index contributed by atoms with van der Waals surface area (Å²) >= 11 is 1.94. The van der Waals surface area contributed by atoms with Crippen LogP contribution < -0.4 is 17.1 Å². The summed E-state index contributed by atoms with van der Waals surface area (Å²) in [5, 5.41) is 0. The van der Waals surface area contributed by atoms with Crippen LogP contribution in [-0.4, -0.2) is 13.7 Å². The Kier molecular flexibility index (Phi) is 2.98. The molecular weight excluding hydrogens is 301 g/mol. The van der Waals surface area contributed by atoms with Crippen LogP contribution in [0.25, 0.3) is 0 Å². The number of halogens is 1. The summed E-state index contributed by atoms with van der Waals surface area (Å²) < 4.78 is 2.57. The van der Waals surface area contributed by atoms with E-state index in [9.17, 15) is 14.4 Å². The molecule has 0 amide bonds. The molecule has 0 aliphatic rings. The molecule has 0 aliphatic carbocycles. The van der Waals surface area contributed by atoms with Crippen LogP contribution in [0, 0.1) is 0 Å². The smallest absolute Gasteiger partial charge is 0.248 e. The number of alkyl halides is 1. The van der Waals surface area contributed by atoms with E-state index in [1.807, 2.05) is 22.6 Å². The van der Waals surface area contributed by atoms with E-state index in [-0.39, 0.29) is 4.05 Å².